The Hall–Kier alpha value is -2.75. The lowest BCUT2D eigenvalue weighted by Crippen LogP contribution is -2.46. The number of carbonyl (C=O) groups is 1. The molecule has 0 spiro atoms. The van der Waals surface area contributed by atoms with Gasteiger partial charge in [0, 0.05) is 18.0 Å². The van der Waals surface area contributed by atoms with Crippen LogP contribution < -0.4 is 5.32 Å². The third kappa shape index (κ3) is 4.23. The van der Waals surface area contributed by atoms with Crippen molar-refractivity contribution in [2.75, 3.05) is 6.61 Å². The lowest BCUT2D eigenvalue weighted by Gasteiger charge is -2.33. The molecule has 156 valence electrons. The molecule has 2 unspecified atom stereocenters. The van der Waals surface area contributed by atoms with Crippen molar-refractivity contribution in [3.63, 3.8) is 0 Å². The van der Waals surface area contributed by atoms with E-state index in [1.165, 1.54) is 6.07 Å². The van der Waals surface area contributed by atoms with E-state index in [2.05, 4.69) is 15.3 Å². The Labute approximate surface area is 175 Å². The minimum absolute atomic E-state index is 0.0339. The van der Waals surface area contributed by atoms with Gasteiger partial charge >= 0.3 is 0 Å². The lowest BCUT2D eigenvalue weighted by atomic mass is 9.98. The highest BCUT2D eigenvalue weighted by atomic mass is 32.1. The number of benzene rings is 1. The number of pyridine rings is 1. The summed E-state index contributed by atoms with van der Waals surface area (Å²) in [6.07, 6.45) is 3.45. The lowest BCUT2D eigenvalue weighted by molar-refractivity contribution is -0.115. The largest absolute Gasteiger partial charge is 0.388 e. The quantitative estimate of drug-likeness (QED) is 0.657. The normalized spacial score (nSPS) is 21.4. The molecular formula is C21H19F2N3O3S. The molecule has 2 N–H and O–H groups in total. The first kappa shape index (κ1) is 20.5. The molecule has 1 amide bonds. The Morgan fingerprint density at radius 1 is 1.30 bits per heavy atom. The second-order valence-corrected chi connectivity index (χ2v) is 8.34. The molecule has 0 aliphatic carbocycles. The van der Waals surface area contributed by atoms with Gasteiger partial charge in [-0.3, -0.25) is 9.78 Å². The van der Waals surface area contributed by atoms with Crippen LogP contribution in [0.3, 0.4) is 0 Å². The van der Waals surface area contributed by atoms with Crippen LogP contribution in [0.4, 0.5) is 8.78 Å². The van der Waals surface area contributed by atoms with Crippen LogP contribution in [-0.4, -0.2) is 39.4 Å². The van der Waals surface area contributed by atoms with Crippen LogP contribution in [0.25, 0.3) is 21.0 Å². The van der Waals surface area contributed by atoms with E-state index in [9.17, 15) is 18.7 Å². The summed E-state index contributed by atoms with van der Waals surface area (Å²) in [5.41, 5.74) is -0.572. The predicted octanol–water partition coefficient (Wildman–Crippen LogP) is 3.77. The first-order valence-electron chi connectivity index (χ1n) is 9.34. The van der Waals surface area contributed by atoms with Crippen LogP contribution in [0.5, 0.6) is 0 Å². The number of amides is 1. The van der Waals surface area contributed by atoms with Crippen molar-refractivity contribution in [1.82, 2.24) is 15.3 Å². The number of thiazole rings is 1. The van der Waals surface area contributed by atoms with E-state index in [0.29, 0.717) is 23.3 Å². The van der Waals surface area contributed by atoms with Crippen molar-refractivity contribution in [3.05, 3.63) is 60.1 Å². The molecule has 0 radical (unpaired) electrons. The number of halogens is 2. The molecule has 3 heterocycles. The molecule has 6 nitrogen and oxygen atoms in total. The van der Waals surface area contributed by atoms with E-state index in [1.54, 1.807) is 31.5 Å². The fraction of sp³-hybridized carbons (Fsp3) is 0.286. The molecule has 1 aliphatic rings. The standard InChI is InChI=1S/C21H19F2N3O3S/c1-21(28)8-7-15(29-11-21)25-19(27)17-18(12-4-3-9-24-10-12)30-20(26-17)16-13(22)5-2-6-14(16)23/h2-6,9-10,15,28H,7-8,11H2,1H3,(H,25,27). The Balaban J connectivity index is 1.69. The van der Waals surface area contributed by atoms with Gasteiger partial charge in [0.1, 0.15) is 28.6 Å². The number of hydrogen-bond acceptors (Lipinski definition) is 6. The minimum atomic E-state index is -0.932. The number of ether oxygens (including phenoxy) is 1. The molecule has 2 aromatic heterocycles. The second-order valence-electron chi connectivity index (χ2n) is 7.34. The summed E-state index contributed by atoms with van der Waals surface area (Å²) in [5, 5.41) is 12.8. The number of nitrogens with zero attached hydrogens (tertiary/aromatic N) is 2. The van der Waals surface area contributed by atoms with Gasteiger partial charge in [-0.15, -0.1) is 11.3 Å². The zero-order chi connectivity index (χ0) is 21.3. The monoisotopic (exact) mass is 431 g/mol. The predicted molar refractivity (Wildman–Crippen MR) is 108 cm³/mol. The van der Waals surface area contributed by atoms with E-state index in [-0.39, 0.29) is 22.9 Å². The first-order valence-corrected chi connectivity index (χ1v) is 10.2. The van der Waals surface area contributed by atoms with Gasteiger partial charge in [-0.25, -0.2) is 13.8 Å². The van der Waals surface area contributed by atoms with Crippen LogP contribution in [-0.2, 0) is 4.74 Å². The summed E-state index contributed by atoms with van der Waals surface area (Å²) in [7, 11) is 0. The Morgan fingerprint density at radius 2 is 2.07 bits per heavy atom. The third-order valence-corrected chi connectivity index (χ3v) is 5.90. The van der Waals surface area contributed by atoms with Crippen molar-refractivity contribution in [2.24, 2.45) is 0 Å². The maximum absolute atomic E-state index is 14.3. The van der Waals surface area contributed by atoms with E-state index >= 15 is 0 Å². The topological polar surface area (TPSA) is 84.3 Å². The molecule has 1 fully saturated rings. The van der Waals surface area contributed by atoms with Crippen LogP contribution in [0.2, 0.25) is 0 Å². The zero-order valence-corrected chi connectivity index (χ0v) is 16.9. The summed E-state index contributed by atoms with van der Waals surface area (Å²) < 4.78 is 34.1. The summed E-state index contributed by atoms with van der Waals surface area (Å²) in [6, 6.07) is 7.00. The molecule has 1 saturated heterocycles. The van der Waals surface area contributed by atoms with E-state index in [0.717, 1.165) is 23.5 Å². The molecule has 1 aliphatic heterocycles. The molecule has 1 aromatic carbocycles. The average molecular weight is 431 g/mol. The van der Waals surface area contributed by atoms with Crippen LogP contribution in [0.1, 0.15) is 30.3 Å². The fourth-order valence-corrected chi connectivity index (χ4v) is 4.28. The molecule has 9 heteroatoms. The number of carbonyl (C=O) groups excluding carboxylic acids is 1. The molecule has 0 saturated carbocycles. The maximum atomic E-state index is 14.3. The SMILES string of the molecule is CC1(O)CCC(NC(=O)c2nc(-c3c(F)cccc3F)sc2-c2cccnc2)OC1. The molecule has 4 rings (SSSR count). The number of aliphatic hydroxyl groups is 1. The zero-order valence-electron chi connectivity index (χ0n) is 16.1. The number of nitrogens with one attached hydrogen (secondary N) is 1. The second kappa shape index (κ2) is 8.17. The molecule has 3 aromatic rings. The van der Waals surface area contributed by atoms with E-state index in [4.69, 9.17) is 4.74 Å². The third-order valence-electron chi connectivity index (χ3n) is 4.78. The van der Waals surface area contributed by atoms with Crippen molar-refractivity contribution in [2.45, 2.75) is 31.6 Å². The van der Waals surface area contributed by atoms with Crippen molar-refractivity contribution in [3.8, 4) is 21.0 Å². The summed E-state index contributed by atoms with van der Waals surface area (Å²) in [5.74, 6) is -2.04. The highest BCUT2D eigenvalue weighted by Crippen LogP contribution is 2.37. The van der Waals surface area contributed by atoms with Gasteiger partial charge in [0.15, 0.2) is 0 Å². The number of aromatic nitrogens is 2. The Kier molecular flexibility index (Phi) is 5.59. The smallest absolute Gasteiger partial charge is 0.273 e. The highest BCUT2D eigenvalue weighted by Gasteiger charge is 2.31. The average Bonchev–Trinajstić information content (AvgIpc) is 3.15. The van der Waals surface area contributed by atoms with E-state index in [1.807, 2.05) is 0 Å². The molecule has 30 heavy (non-hydrogen) atoms. The van der Waals surface area contributed by atoms with Crippen LogP contribution in [0, 0.1) is 11.6 Å². The fourth-order valence-electron chi connectivity index (χ4n) is 3.18. The van der Waals surface area contributed by atoms with Crippen molar-refractivity contribution < 1.29 is 23.4 Å². The van der Waals surface area contributed by atoms with Crippen molar-refractivity contribution >= 4 is 17.2 Å². The van der Waals surface area contributed by atoms with Gasteiger partial charge in [-0.1, -0.05) is 12.1 Å². The highest BCUT2D eigenvalue weighted by molar-refractivity contribution is 7.18. The van der Waals surface area contributed by atoms with Gasteiger partial charge in [-0.05, 0) is 38.0 Å². The molecule has 2 atom stereocenters. The first-order chi connectivity index (χ1) is 14.3. The van der Waals surface area contributed by atoms with Gasteiger partial charge in [0.25, 0.3) is 5.91 Å². The van der Waals surface area contributed by atoms with Gasteiger partial charge in [0.2, 0.25) is 0 Å². The summed E-state index contributed by atoms with van der Waals surface area (Å²) in [4.78, 5) is 21.7. The van der Waals surface area contributed by atoms with Gasteiger partial charge in [0.05, 0.1) is 22.6 Å². The maximum Gasteiger partial charge on any atom is 0.273 e. The minimum Gasteiger partial charge on any atom is -0.388 e. The van der Waals surface area contributed by atoms with Gasteiger partial charge < -0.3 is 15.2 Å². The Bertz CT molecular complexity index is 1040. The Morgan fingerprint density at radius 3 is 2.70 bits per heavy atom. The number of rotatable bonds is 4. The molecular weight excluding hydrogens is 412 g/mol. The van der Waals surface area contributed by atoms with E-state index < -0.39 is 29.4 Å². The van der Waals surface area contributed by atoms with Crippen LogP contribution in [0.15, 0.2) is 42.7 Å². The molecule has 0 bridgehead atoms. The number of hydrogen-bond donors (Lipinski definition) is 2. The van der Waals surface area contributed by atoms with Crippen molar-refractivity contribution in [1.29, 1.82) is 0 Å². The van der Waals surface area contributed by atoms with Gasteiger partial charge in [-0.2, -0.15) is 0 Å². The summed E-state index contributed by atoms with van der Waals surface area (Å²) in [6.45, 7) is 1.76. The summed E-state index contributed by atoms with van der Waals surface area (Å²) >= 11 is 1.01. The van der Waals surface area contributed by atoms with Crippen LogP contribution >= 0.6 is 11.3 Å².